The minimum absolute atomic E-state index is 0.171. The van der Waals surface area contributed by atoms with Crippen molar-refractivity contribution in [3.8, 4) is 0 Å². The molecule has 3 rings (SSSR count). The molecule has 0 bridgehead atoms. The van der Waals surface area contributed by atoms with Gasteiger partial charge in [0.1, 0.15) is 0 Å². The van der Waals surface area contributed by atoms with Crippen molar-refractivity contribution in [3.05, 3.63) is 77.4 Å². The third kappa shape index (κ3) is 4.37. The summed E-state index contributed by atoms with van der Waals surface area (Å²) >= 11 is 0. The third-order valence-corrected chi connectivity index (χ3v) is 4.78. The number of benzene rings is 2. The van der Waals surface area contributed by atoms with E-state index < -0.39 is 0 Å². The van der Waals surface area contributed by atoms with Crippen molar-refractivity contribution in [2.24, 2.45) is 0 Å². The zero-order valence-corrected chi connectivity index (χ0v) is 14.9. The Labute approximate surface area is 150 Å². The molecule has 0 aromatic heterocycles. The summed E-state index contributed by atoms with van der Waals surface area (Å²) < 4.78 is 0. The summed E-state index contributed by atoms with van der Waals surface area (Å²) in [7, 11) is 0. The van der Waals surface area contributed by atoms with Crippen LogP contribution in [0.1, 0.15) is 24.5 Å². The number of hydrogen-bond donors (Lipinski definition) is 1. The predicted molar refractivity (Wildman–Crippen MR) is 103 cm³/mol. The van der Waals surface area contributed by atoms with Crippen molar-refractivity contribution in [3.63, 3.8) is 0 Å². The first kappa shape index (κ1) is 17.4. The Morgan fingerprint density at radius 3 is 2.40 bits per heavy atom. The second kappa shape index (κ2) is 8.63. The highest BCUT2D eigenvalue weighted by Crippen LogP contribution is 2.25. The van der Waals surface area contributed by atoms with E-state index in [1.54, 1.807) is 0 Å². The molecule has 0 unspecified atom stereocenters. The van der Waals surface area contributed by atoms with Gasteiger partial charge in [-0.3, -0.25) is 4.79 Å². The van der Waals surface area contributed by atoms with Crippen molar-refractivity contribution in [1.29, 1.82) is 0 Å². The minimum atomic E-state index is 0.171. The Morgan fingerprint density at radius 2 is 1.72 bits per heavy atom. The Kier molecular flexibility index (Phi) is 6.02. The molecule has 1 aliphatic rings. The lowest BCUT2D eigenvalue weighted by Gasteiger charge is -2.27. The van der Waals surface area contributed by atoms with E-state index in [1.807, 2.05) is 29.2 Å². The SMILES string of the molecule is CCN(CCc1ccccc1)C(=O)C1=C(c2ccccc2)CCNC1. The quantitative estimate of drug-likeness (QED) is 0.876. The lowest BCUT2D eigenvalue weighted by atomic mass is 9.93. The van der Waals surface area contributed by atoms with Crippen LogP contribution >= 0.6 is 0 Å². The average Bonchev–Trinajstić information content (AvgIpc) is 2.70. The zero-order chi connectivity index (χ0) is 17.5. The van der Waals surface area contributed by atoms with E-state index in [9.17, 15) is 4.79 Å². The third-order valence-electron chi connectivity index (χ3n) is 4.78. The van der Waals surface area contributed by atoms with Gasteiger partial charge < -0.3 is 10.2 Å². The summed E-state index contributed by atoms with van der Waals surface area (Å²) in [5, 5.41) is 3.36. The molecule has 2 aromatic rings. The number of nitrogens with zero attached hydrogens (tertiary/aromatic N) is 1. The van der Waals surface area contributed by atoms with Crippen LogP contribution in [0.4, 0.5) is 0 Å². The first-order valence-corrected chi connectivity index (χ1v) is 9.11. The molecule has 1 heterocycles. The van der Waals surface area contributed by atoms with E-state index in [4.69, 9.17) is 0 Å². The Balaban J connectivity index is 1.79. The number of hydrogen-bond acceptors (Lipinski definition) is 2. The number of nitrogens with one attached hydrogen (secondary N) is 1. The molecule has 3 heteroatoms. The average molecular weight is 334 g/mol. The van der Waals surface area contributed by atoms with Crippen LogP contribution in [0, 0.1) is 0 Å². The highest BCUT2D eigenvalue weighted by Gasteiger charge is 2.23. The van der Waals surface area contributed by atoms with Gasteiger partial charge in [-0.25, -0.2) is 0 Å². The van der Waals surface area contributed by atoms with Crippen LogP contribution in [-0.4, -0.2) is 37.0 Å². The van der Waals surface area contributed by atoms with Crippen LogP contribution in [0.25, 0.3) is 5.57 Å². The van der Waals surface area contributed by atoms with Crippen molar-refractivity contribution in [2.45, 2.75) is 19.8 Å². The van der Waals surface area contributed by atoms with Gasteiger partial charge in [0.2, 0.25) is 0 Å². The molecule has 0 atom stereocenters. The van der Waals surface area contributed by atoms with E-state index in [0.717, 1.165) is 38.0 Å². The standard InChI is InChI=1S/C22H26N2O/c1-2-24(16-14-18-9-5-3-6-10-18)22(25)21-17-23-15-13-20(21)19-11-7-4-8-12-19/h3-12,23H,2,13-17H2,1H3. The molecule has 25 heavy (non-hydrogen) atoms. The van der Waals surface area contributed by atoms with Gasteiger partial charge in [-0.05, 0) is 43.0 Å². The zero-order valence-electron chi connectivity index (χ0n) is 14.9. The summed E-state index contributed by atoms with van der Waals surface area (Å²) in [6.07, 6.45) is 1.79. The lowest BCUT2D eigenvalue weighted by molar-refractivity contribution is -0.127. The number of rotatable bonds is 6. The molecular formula is C22H26N2O. The minimum Gasteiger partial charge on any atom is -0.339 e. The van der Waals surface area contributed by atoms with Gasteiger partial charge in [-0.2, -0.15) is 0 Å². The molecule has 130 valence electrons. The fourth-order valence-electron chi connectivity index (χ4n) is 3.35. The molecule has 0 fully saturated rings. The second-order valence-corrected chi connectivity index (χ2v) is 6.37. The van der Waals surface area contributed by atoms with Crippen LogP contribution < -0.4 is 5.32 Å². The first-order valence-electron chi connectivity index (χ1n) is 9.11. The largest absolute Gasteiger partial charge is 0.339 e. The van der Waals surface area contributed by atoms with E-state index >= 15 is 0 Å². The number of carbonyl (C=O) groups excluding carboxylic acids is 1. The molecule has 1 amide bonds. The normalized spacial score (nSPS) is 14.4. The van der Waals surface area contributed by atoms with E-state index in [2.05, 4.69) is 48.6 Å². The summed E-state index contributed by atoms with van der Waals surface area (Å²) in [5.41, 5.74) is 4.56. The fourth-order valence-corrected chi connectivity index (χ4v) is 3.35. The van der Waals surface area contributed by atoms with Gasteiger partial charge in [0.25, 0.3) is 5.91 Å². The number of carbonyl (C=O) groups is 1. The molecule has 1 aliphatic heterocycles. The fraction of sp³-hybridized carbons (Fsp3) is 0.318. The summed E-state index contributed by atoms with van der Waals surface area (Å²) in [4.78, 5) is 15.1. The van der Waals surface area contributed by atoms with Gasteiger partial charge in [-0.15, -0.1) is 0 Å². The predicted octanol–water partition coefficient (Wildman–Crippen LogP) is 3.52. The van der Waals surface area contributed by atoms with Gasteiger partial charge in [-0.1, -0.05) is 60.7 Å². The first-order chi connectivity index (χ1) is 12.3. The number of likely N-dealkylation sites (N-methyl/N-ethyl adjacent to an activating group) is 1. The smallest absolute Gasteiger partial charge is 0.251 e. The van der Waals surface area contributed by atoms with Gasteiger partial charge in [0.05, 0.1) is 0 Å². The van der Waals surface area contributed by atoms with E-state index in [0.29, 0.717) is 6.54 Å². The monoisotopic (exact) mass is 334 g/mol. The summed E-state index contributed by atoms with van der Waals surface area (Å²) in [6, 6.07) is 20.7. The van der Waals surface area contributed by atoms with Crippen LogP contribution in [0.3, 0.4) is 0 Å². The summed E-state index contributed by atoms with van der Waals surface area (Å²) in [6.45, 7) is 5.13. The second-order valence-electron chi connectivity index (χ2n) is 6.37. The Morgan fingerprint density at radius 1 is 1.04 bits per heavy atom. The maximum Gasteiger partial charge on any atom is 0.251 e. The van der Waals surface area contributed by atoms with Crippen LogP contribution in [0.2, 0.25) is 0 Å². The molecule has 0 spiro atoms. The number of amides is 1. The van der Waals surface area contributed by atoms with E-state index in [1.165, 1.54) is 16.7 Å². The highest BCUT2D eigenvalue weighted by molar-refractivity contribution is 6.02. The highest BCUT2D eigenvalue weighted by atomic mass is 16.2. The lowest BCUT2D eigenvalue weighted by Crippen LogP contribution is -2.39. The molecule has 2 aromatic carbocycles. The Bertz CT molecular complexity index is 722. The maximum atomic E-state index is 13.2. The van der Waals surface area contributed by atoms with Crippen molar-refractivity contribution >= 4 is 11.5 Å². The topological polar surface area (TPSA) is 32.3 Å². The molecular weight excluding hydrogens is 308 g/mol. The van der Waals surface area contributed by atoms with Crippen LogP contribution in [0.15, 0.2) is 66.2 Å². The van der Waals surface area contributed by atoms with Crippen molar-refractivity contribution in [2.75, 3.05) is 26.2 Å². The molecule has 3 nitrogen and oxygen atoms in total. The summed E-state index contributed by atoms with van der Waals surface area (Å²) in [5.74, 6) is 0.171. The van der Waals surface area contributed by atoms with Gasteiger partial charge >= 0.3 is 0 Å². The Hall–Kier alpha value is -2.39. The van der Waals surface area contributed by atoms with Crippen LogP contribution in [0.5, 0.6) is 0 Å². The van der Waals surface area contributed by atoms with Crippen molar-refractivity contribution in [1.82, 2.24) is 10.2 Å². The molecule has 0 saturated heterocycles. The van der Waals surface area contributed by atoms with Crippen LogP contribution in [-0.2, 0) is 11.2 Å². The molecule has 0 saturated carbocycles. The maximum absolute atomic E-state index is 13.2. The molecule has 1 N–H and O–H groups in total. The molecule has 0 radical (unpaired) electrons. The molecule has 0 aliphatic carbocycles. The van der Waals surface area contributed by atoms with E-state index in [-0.39, 0.29) is 5.91 Å². The van der Waals surface area contributed by atoms with Crippen molar-refractivity contribution < 1.29 is 4.79 Å². The van der Waals surface area contributed by atoms with Gasteiger partial charge in [0, 0.05) is 25.2 Å². The van der Waals surface area contributed by atoms with Gasteiger partial charge in [0.15, 0.2) is 0 Å².